The molecule has 0 nitrogen and oxygen atoms in total. The molecule has 0 unspecified atom stereocenters. The van der Waals surface area contributed by atoms with Crippen molar-refractivity contribution in [1.29, 1.82) is 0 Å². The molecule has 127 valence electrons. The molecule has 25 heavy (non-hydrogen) atoms. The fraction of sp³-hybridized carbons (Fsp3) is 0. The molecule has 6 heteroatoms. The lowest BCUT2D eigenvalue weighted by molar-refractivity contribution is 0.533. The van der Waals surface area contributed by atoms with E-state index >= 15 is 0 Å². The van der Waals surface area contributed by atoms with E-state index in [9.17, 15) is 26.3 Å². The van der Waals surface area contributed by atoms with Crippen LogP contribution >= 0.6 is 0 Å². The highest BCUT2D eigenvalue weighted by Crippen LogP contribution is 2.38. The predicted octanol–water partition coefficient (Wildman–Crippen LogP) is 5.54. The van der Waals surface area contributed by atoms with Gasteiger partial charge in [-0.05, 0) is 36.4 Å². The Morgan fingerprint density at radius 2 is 0.600 bits per heavy atom. The zero-order valence-electron chi connectivity index (χ0n) is 12.5. The van der Waals surface area contributed by atoms with Crippen molar-refractivity contribution in [2.75, 3.05) is 0 Å². The second kappa shape index (κ2) is 6.63. The van der Waals surface area contributed by atoms with Gasteiger partial charge in [0.15, 0.2) is 0 Å². The minimum absolute atomic E-state index is 0.829. The van der Waals surface area contributed by atoms with E-state index in [2.05, 4.69) is 0 Å². The summed E-state index contributed by atoms with van der Waals surface area (Å²) in [6, 6.07) is 8.06. The van der Waals surface area contributed by atoms with E-state index in [4.69, 9.17) is 0 Å². The third-order valence-corrected chi connectivity index (χ3v) is 3.64. The van der Waals surface area contributed by atoms with Gasteiger partial charge in [-0.3, -0.25) is 0 Å². The van der Waals surface area contributed by atoms with Crippen LogP contribution in [-0.4, -0.2) is 0 Å². The summed E-state index contributed by atoms with van der Waals surface area (Å²) in [4.78, 5) is 0. The number of rotatable bonds is 3. The Morgan fingerprint density at radius 1 is 0.400 bits per heavy atom. The van der Waals surface area contributed by atoms with Crippen LogP contribution in [0.1, 0.15) is 16.7 Å². The minimum Gasteiger partial charge on any atom is -0.207 e. The van der Waals surface area contributed by atoms with Gasteiger partial charge in [0.05, 0.1) is 5.92 Å². The quantitative estimate of drug-likeness (QED) is 0.429. The first kappa shape index (κ1) is 17.1. The van der Waals surface area contributed by atoms with Gasteiger partial charge in [0.2, 0.25) is 0 Å². The average molecular weight is 351 g/mol. The molecule has 0 atom stereocenters. The van der Waals surface area contributed by atoms with Gasteiger partial charge in [-0.2, -0.15) is 0 Å². The summed E-state index contributed by atoms with van der Waals surface area (Å²) in [7, 11) is 0. The van der Waals surface area contributed by atoms with Crippen LogP contribution < -0.4 is 0 Å². The molecule has 0 fully saturated rings. The first-order valence-corrected chi connectivity index (χ1v) is 7.12. The van der Waals surface area contributed by atoms with Crippen LogP contribution in [0.25, 0.3) is 0 Å². The van der Waals surface area contributed by atoms with Gasteiger partial charge >= 0.3 is 0 Å². The maximum atomic E-state index is 14.2. The molecule has 0 amide bonds. The lowest BCUT2D eigenvalue weighted by atomic mass is 9.83. The molecular formula is C19H9F6. The van der Waals surface area contributed by atoms with Crippen LogP contribution in [0.15, 0.2) is 54.6 Å². The molecule has 3 aromatic rings. The van der Waals surface area contributed by atoms with Gasteiger partial charge in [-0.1, -0.05) is 18.2 Å². The predicted molar refractivity (Wildman–Crippen MR) is 79.6 cm³/mol. The third-order valence-electron chi connectivity index (χ3n) is 3.64. The molecule has 0 heterocycles. The van der Waals surface area contributed by atoms with Gasteiger partial charge < -0.3 is 0 Å². The molecular weight excluding hydrogens is 342 g/mol. The molecule has 0 aliphatic heterocycles. The second-order valence-corrected chi connectivity index (χ2v) is 5.16. The van der Waals surface area contributed by atoms with E-state index in [1.165, 1.54) is 0 Å². The first-order chi connectivity index (χ1) is 11.9. The van der Waals surface area contributed by atoms with Crippen molar-refractivity contribution >= 4 is 0 Å². The Balaban J connectivity index is 2.42. The summed E-state index contributed by atoms with van der Waals surface area (Å²) in [6.45, 7) is 0. The Kier molecular flexibility index (Phi) is 4.53. The molecule has 0 N–H and O–H groups in total. The topological polar surface area (TPSA) is 0 Å². The van der Waals surface area contributed by atoms with E-state index in [1.54, 1.807) is 0 Å². The Hall–Kier alpha value is -2.76. The number of halogens is 6. The molecule has 3 aromatic carbocycles. The maximum Gasteiger partial charge on any atom is 0.130 e. The van der Waals surface area contributed by atoms with Gasteiger partial charge in [0.25, 0.3) is 0 Å². The van der Waals surface area contributed by atoms with Crippen LogP contribution in [0.4, 0.5) is 26.3 Å². The lowest BCUT2D eigenvalue weighted by Gasteiger charge is -2.21. The van der Waals surface area contributed by atoms with Crippen molar-refractivity contribution in [3.8, 4) is 0 Å². The van der Waals surface area contributed by atoms with Crippen LogP contribution in [0.3, 0.4) is 0 Å². The number of hydrogen-bond donors (Lipinski definition) is 0. The Bertz CT molecular complexity index is 752. The van der Waals surface area contributed by atoms with Crippen molar-refractivity contribution < 1.29 is 26.3 Å². The molecule has 0 saturated carbocycles. The van der Waals surface area contributed by atoms with E-state index in [0.29, 0.717) is 0 Å². The van der Waals surface area contributed by atoms with Crippen LogP contribution in [0.5, 0.6) is 0 Å². The highest BCUT2D eigenvalue weighted by molar-refractivity contribution is 5.59. The van der Waals surface area contributed by atoms with Gasteiger partial charge in [-0.15, -0.1) is 0 Å². The molecule has 0 saturated heterocycles. The third kappa shape index (κ3) is 2.99. The molecule has 0 aliphatic rings. The summed E-state index contributed by atoms with van der Waals surface area (Å²) >= 11 is 0. The maximum absolute atomic E-state index is 14.2. The van der Waals surface area contributed by atoms with Crippen molar-refractivity contribution in [3.05, 3.63) is 112 Å². The van der Waals surface area contributed by atoms with Crippen LogP contribution in [0, 0.1) is 40.8 Å². The van der Waals surface area contributed by atoms with Crippen LogP contribution in [-0.2, 0) is 0 Å². The molecule has 3 rings (SSSR count). The van der Waals surface area contributed by atoms with Crippen LogP contribution in [0.2, 0.25) is 0 Å². The van der Waals surface area contributed by atoms with Gasteiger partial charge in [0.1, 0.15) is 34.9 Å². The van der Waals surface area contributed by atoms with E-state index < -0.39 is 57.5 Å². The van der Waals surface area contributed by atoms with Crippen molar-refractivity contribution in [1.82, 2.24) is 0 Å². The smallest absolute Gasteiger partial charge is 0.130 e. The summed E-state index contributed by atoms with van der Waals surface area (Å²) in [5.41, 5.74) is -2.76. The first-order valence-electron chi connectivity index (χ1n) is 7.12. The van der Waals surface area contributed by atoms with Crippen molar-refractivity contribution in [2.24, 2.45) is 0 Å². The Labute approximate surface area is 139 Å². The standard InChI is InChI=1S/C19H9F6/c20-10-4-1-5-11(21)16(10)19(17-12(22)6-2-7-13(17)23)18-14(24)8-3-9-15(18)25/h1-9H. The molecule has 0 aliphatic carbocycles. The van der Waals surface area contributed by atoms with Crippen molar-refractivity contribution in [2.45, 2.75) is 0 Å². The summed E-state index contributed by atoms with van der Waals surface area (Å²) < 4.78 is 85.5. The normalized spacial score (nSPS) is 11.2. The molecule has 0 spiro atoms. The Morgan fingerprint density at radius 3 is 0.800 bits per heavy atom. The summed E-state index contributed by atoms with van der Waals surface area (Å²) in [6.07, 6.45) is 0. The number of hydrogen-bond acceptors (Lipinski definition) is 0. The molecule has 1 radical (unpaired) electrons. The lowest BCUT2D eigenvalue weighted by Crippen LogP contribution is -2.16. The number of benzene rings is 3. The summed E-state index contributed by atoms with van der Waals surface area (Å²) in [5.74, 6) is -8.12. The zero-order chi connectivity index (χ0) is 18.1. The largest absolute Gasteiger partial charge is 0.207 e. The highest BCUT2D eigenvalue weighted by atomic mass is 19.2. The fourth-order valence-electron chi connectivity index (χ4n) is 2.58. The van der Waals surface area contributed by atoms with Gasteiger partial charge in [0, 0.05) is 16.7 Å². The molecule has 0 bridgehead atoms. The van der Waals surface area contributed by atoms with E-state index in [0.717, 1.165) is 54.6 Å². The molecule has 0 aromatic heterocycles. The van der Waals surface area contributed by atoms with Crippen molar-refractivity contribution in [3.63, 3.8) is 0 Å². The second-order valence-electron chi connectivity index (χ2n) is 5.16. The SMILES string of the molecule is Fc1cccc(F)c1[C](c1c(F)cccc1F)c1c(F)cccc1F. The highest BCUT2D eigenvalue weighted by Gasteiger charge is 2.33. The monoisotopic (exact) mass is 351 g/mol. The van der Waals surface area contributed by atoms with Gasteiger partial charge in [-0.25, -0.2) is 26.3 Å². The fourth-order valence-corrected chi connectivity index (χ4v) is 2.58. The van der Waals surface area contributed by atoms with E-state index in [1.807, 2.05) is 0 Å². The van der Waals surface area contributed by atoms with E-state index in [-0.39, 0.29) is 0 Å². The summed E-state index contributed by atoms with van der Waals surface area (Å²) in [5, 5.41) is 0. The average Bonchev–Trinajstić information content (AvgIpc) is 2.53. The zero-order valence-corrected chi connectivity index (χ0v) is 12.5. The minimum atomic E-state index is -1.21.